The molecule has 1 aromatic carbocycles. The third-order valence-corrected chi connectivity index (χ3v) is 3.11. The Labute approximate surface area is 112 Å². The molecule has 0 radical (unpaired) electrons. The fourth-order valence-electron chi connectivity index (χ4n) is 2.10. The summed E-state index contributed by atoms with van der Waals surface area (Å²) in [6, 6.07) is 7.86. The Kier molecular flexibility index (Phi) is 4.00. The van der Waals surface area contributed by atoms with E-state index in [0.717, 1.165) is 16.7 Å². The Bertz CT molecular complexity index is 517. The van der Waals surface area contributed by atoms with Gasteiger partial charge in [0.15, 0.2) is 0 Å². The molecule has 0 saturated heterocycles. The van der Waals surface area contributed by atoms with Gasteiger partial charge in [-0.2, -0.15) is 0 Å². The van der Waals surface area contributed by atoms with Crippen molar-refractivity contribution in [3.8, 4) is 0 Å². The molecule has 2 rings (SSSR count). The molecule has 4 nitrogen and oxygen atoms in total. The molecular weight excluding hydrogens is 242 g/mol. The molecule has 1 atom stereocenters. The topological polar surface area (TPSA) is 55.4 Å². The van der Waals surface area contributed by atoms with E-state index in [1.807, 2.05) is 31.2 Å². The van der Waals surface area contributed by atoms with E-state index in [2.05, 4.69) is 5.32 Å². The molecule has 0 bridgehead atoms. The van der Waals surface area contributed by atoms with Crippen molar-refractivity contribution in [2.75, 3.05) is 6.61 Å². The summed E-state index contributed by atoms with van der Waals surface area (Å²) in [5.74, 6) is -1.02. The van der Waals surface area contributed by atoms with Crippen LogP contribution in [0.4, 0.5) is 0 Å². The lowest BCUT2D eigenvalue weighted by Gasteiger charge is -2.22. The van der Waals surface area contributed by atoms with Crippen LogP contribution in [-0.2, 0) is 14.3 Å². The van der Waals surface area contributed by atoms with Crippen molar-refractivity contribution in [3.63, 3.8) is 0 Å². The first-order valence-electron chi connectivity index (χ1n) is 6.35. The van der Waals surface area contributed by atoms with Crippen LogP contribution in [0.3, 0.4) is 0 Å². The molecule has 0 aromatic heterocycles. The van der Waals surface area contributed by atoms with E-state index in [1.165, 1.54) is 0 Å². The summed E-state index contributed by atoms with van der Waals surface area (Å²) in [5.41, 5.74) is 2.89. The van der Waals surface area contributed by atoms with Crippen molar-refractivity contribution in [2.45, 2.75) is 20.3 Å². The molecule has 1 aromatic rings. The summed E-state index contributed by atoms with van der Waals surface area (Å²) in [7, 11) is 0. The van der Waals surface area contributed by atoms with Gasteiger partial charge in [-0.1, -0.05) is 29.8 Å². The average Bonchev–Trinajstić information content (AvgIpc) is 2.40. The number of ether oxygens (including phenoxy) is 1. The standard InChI is InChI=1S/C15H17NO3/c1-3-19-15(18)12-8-14(17)16-9-13(12)11-6-4-10(2)5-7-11/h4-7,9,12H,3,8H2,1-2H3,(H,16,17)/t12-/m0/s1. The number of nitrogens with one attached hydrogen (secondary N) is 1. The number of carbonyl (C=O) groups is 2. The van der Waals surface area contributed by atoms with Gasteiger partial charge in [-0.3, -0.25) is 9.59 Å². The molecule has 0 unspecified atom stereocenters. The fourth-order valence-corrected chi connectivity index (χ4v) is 2.10. The van der Waals surface area contributed by atoms with E-state index in [9.17, 15) is 9.59 Å². The third-order valence-electron chi connectivity index (χ3n) is 3.11. The SMILES string of the molecule is CCOC(=O)[C@H]1CC(=O)NC=C1c1ccc(C)cc1. The van der Waals surface area contributed by atoms with E-state index in [1.54, 1.807) is 13.1 Å². The summed E-state index contributed by atoms with van der Waals surface area (Å²) in [6.45, 7) is 4.08. The van der Waals surface area contributed by atoms with Gasteiger partial charge in [-0.25, -0.2) is 0 Å². The fraction of sp³-hybridized carbons (Fsp3) is 0.333. The monoisotopic (exact) mass is 259 g/mol. The van der Waals surface area contributed by atoms with Crippen LogP contribution in [0.1, 0.15) is 24.5 Å². The molecule has 0 saturated carbocycles. The minimum Gasteiger partial charge on any atom is -0.466 e. The zero-order chi connectivity index (χ0) is 13.8. The molecule has 0 aliphatic carbocycles. The number of hydrogen-bond donors (Lipinski definition) is 1. The summed E-state index contributed by atoms with van der Waals surface area (Å²) >= 11 is 0. The van der Waals surface area contributed by atoms with Gasteiger partial charge >= 0.3 is 5.97 Å². The first kappa shape index (κ1) is 13.3. The van der Waals surface area contributed by atoms with Crippen LogP contribution in [0.2, 0.25) is 0 Å². The quantitative estimate of drug-likeness (QED) is 0.845. The molecule has 1 aliphatic rings. The van der Waals surface area contributed by atoms with Crippen molar-refractivity contribution in [2.24, 2.45) is 5.92 Å². The number of benzene rings is 1. The van der Waals surface area contributed by atoms with Crippen molar-refractivity contribution >= 4 is 17.4 Å². The number of amides is 1. The Balaban J connectivity index is 2.31. The zero-order valence-corrected chi connectivity index (χ0v) is 11.1. The molecule has 0 spiro atoms. The van der Waals surface area contributed by atoms with Gasteiger partial charge in [0.05, 0.1) is 12.5 Å². The molecule has 1 N–H and O–H groups in total. The summed E-state index contributed by atoms with van der Waals surface area (Å²) in [5, 5.41) is 2.66. The number of aryl methyl sites for hydroxylation is 1. The second-order valence-corrected chi connectivity index (χ2v) is 4.54. The highest BCUT2D eigenvalue weighted by Gasteiger charge is 2.30. The highest BCUT2D eigenvalue weighted by atomic mass is 16.5. The highest BCUT2D eigenvalue weighted by Crippen LogP contribution is 2.29. The molecule has 1 aliphatic heterocycles. The van der Waals surface area contributed by atoms with E-state index in [4.69, 9.17) is 4.74 Å². The first-order chi connectivity index (χ1) is 9.11. The normalized spacial score (nSPS) is 18.5. The van der Waals surface area contributed by atoms with Gasteiger partial charge in [0.25, 0.3) is 0 Å². The van der Waals surface area contributed by atoms with Gasteiger partial charge in [0, 0.05) is 12.6 Å². The number of hydrogen-bond acceptors (Lipinski definition) is 3. The lowest BCUT2D eigenvalue weighted by atomic mass is 9.88. The van der Waals surface area contributed by atoms with Crippen molar-refractivity contribution in [1.82, 2.24) is 5.32 Å². The summed E-state index contributed by atoms with van der Waals surface area (Å²) < 4.78 is 5.05. The Hall–Kier alpha value is -2.10. The van der Waals surface area contributed by atoms with Crippen molar-refractivity contribution < 1.29 is 14.3 Å². The van der Waals surface area contributed by atoms with Crippen LogP contribution in [0.25, 0.3) is 5.57 Å². The lowest BCUT2D eigenvalue weighted by Crippen LogP contribution is -2.32. The second kappa shape index (κ2) is 5.69. The summed E-state index contributed by atoms with van der Waals surface area (Å²) in [6.07, 6.45) is 1.75. The van der Waals surface area contributed by atoms with Crippen LogP contribution in [0.5, 0.6) is 0 Å². The Morgan fingerprint density at radius 1 is 1.37 bits per heavy atom. The Morgan fingerprint density at radius 2 is 2.05 bits per heavy atom. The van der Waals surface area contributed by atoms with Gasteiger partial charge < -0.3 is 10.1 Å². The van der Waals surface area contributed by atoms with E-state index in [0.29, 0.717) is 6.61 Å². The second-order valence-electron chi connectivity index (χ2n) is 4.54. The van der Waals surface area contributed by atoms with Gasteiger partial charge in [0.1, 0.15) is 0 Å². The maximum absolute atomic E-state index is 12.0. The number of rotatable bonds is 3. The molecule has 1 heterocycles. The van der Waals surface area contributed by atoms with Crippen LogP contribution >= 0.6 is 0 Å². The highest BCUT2D eigenvalue weighted by molar-refractivity contribution is 5.96. The zero-order valence-electron chi connectivity index (χ0n) is 11.1. The average molecular weight is 259 g/mol. The van der Waals surface area contributed by atoms with Crippen molar-refractivity contribution in [1.29, 1.82) is 0 Å². The minimum absolute atomic E-state index is 0.137. The molecular formula is C15H17NO3. The lowest BCUT2D eigenvalue weighted by molar-refractivity contribution is -0.147. The summed E-state index contributed by atoms with van der Waals surface area (Å²) in [4.78, 5) is 23.4. The van der Waals surface area contributed by atoms with Crippen LogP contribution in [0, 0.1) is 12.8 Å². The van der Waals surface area contributed by atoms with Gasteiger partial charge in [-0.15, -0.1) is 0 Å². The van der Waals surface area contributed by atoms with Gasteiger partial charge in [0.2, 0.25) is 5.91 Å². The minimum atomic E-state index is -0.517. The van der Waals surface area contributed by atoms with Crippen LogP contribution in [0.15, 0.2) is 30.5 Å². The van der Waals surface area contributed by atoms with Crippen LogP contribution < -0.4 is 5.32 Å². The number of esters is 1. The predicted octanol–water partition coefficient (Wildman–Crippen LogP) is 2.04. The first-order valence-corrected chi connectivity index (χ1v) is 6.35. The van der Waals surface area contributed by atoms with E-state index in [-0.39, 0.29) is 18.3 Å². The molecule has 0 fully saturated rings. The predicted molar refractivity (Wildman–Crippen MR) is 72.0 cm³/mol. The molecule has 19 heavy (non-hydrogen) atoms. The molecule has 1 amide bonds. The van der Waals surface area contributed by atoms with E-state index >= 15 is 0 Å². The third kappa shape index (κ3) is 3.02. The van der Waals surface area contributed by atoms with E-state index < -0.39 is 5.92 Å². The maximum atomic E-state index is 12.0. The maximum Gasteiger partial charge on any atom is 0.314 e. The van der Waals surface area contributed by atoms with Crippen molar-refractivity contribution in [3.05, 3.63) is 41.6 Å². The Morgan fingerprint density at radius 3 is 2.68 bits per heavy atom. The molecule has 100 valence electrons. The smallest absolute Gasteiger partial charge is 0.314 e. The number of carbonyl (C=O) groups excluding carboxylic acids is 2. The van der Waals surface area contributed by atoms with Gasteiger partial charge in [-0.05, 0) is 25.0 Å². The molecule has 4 heteroatoms. The van der Waals surface area contributed by atoms with Crippen LogP contribution in [-0.4, -0.2) is 18.5 Å². The largest absolute Gasteiger partial charge is 0.466 e.